The predicted octanol–water partition coefficient (Wildman–Crippen LogP) is 4.86. The number of alkyl halides is 1. The third-order valence-corrected chi connectivity index (χ3v) is 5.54. The highest BCUT2D eigenvalue weighted by atomic mass is 32.2. The van der Waals surface area contributed by atoms with E-state index in [2.05, 4.69) is 10.3 Å². The average Bonchev–Trinajstić information content (AvgIpc) is 2.88. The van der Waals surface area contributed by atoms with Crippen LogP contribution in [0.3, 0.4) is 0 Å². The minimum Gasteiger partial charge on any atom is -0.508 e. The number of nitrogens with zero attached hydrogens (tertiary/aromatic N) is 1. The van der Waals surface area contributed by atoms with Gasteiger partial charge in [0.25, 0.3) is 5.91 Å². The number of carbonyl (C=O) groups excluding carboxylic acids is 1. The van der Waals surface area contributed by atoms with Crippen LogP contribution in [0.1, 0.15) is 21.5 Å². The number of hydrogen-bond acceptors (Lipinski definition) is 4. The molecule has 0 unspecified atom stereocenters. The molecule has 146 valence electrons. The zero-order valence-corrected chi connectivity index (χ0v) is 16.0. The van der Waals surface area contributed by atoms with Gasteiger partial charge in [0.05, 0.1) is 11.4 Å². The number of rotatable bonds is 4. The molecule has 0 spiro atoms. The largest absolute Gasteiger partial charge is 0.508 e. The summed E-state index contributed by atoms with van der Waals surface area (Å²) in [6.07, 6.45) is 0. The highest BCUT2D eigenvalue weighted by Gasteiger charge is 2.22. The van der Waals surface area contributed by atoms with Crippen LogP contribution in [0.2, 0.25) is 0 Å². The molecule has 0 atom stereocenters. The molecule has 0 aromatic heterocycles. The van der Waals surface area contributed by atoms with Crippen molar-refractivity contribution in [2.75, 3.05) is 13.2 Å². The molecule has 3 aromatic rings. The van der Waals surface area contributed by atoms with Crippen molar-refractivity contribution in [1.82, 2.24) is 5.32 Å². The molecule has 0 saturated carbocycles. The first-order valence-electron chi connectivity index (χ1n) is 8.90. The predicted molar refractivity (Wildman–Crippen MR) is 109 cm³/mol. The standard InChI is InChI=1S/C22H16F2N2O2S/c23-9-10-25-22(28)13-5-8-20-18(11-13)26-21(15-7-6-14(27)12-17(15)24)16-3-1-2-4-19(16)29-20/h1-8,11-12,27H,9-10H2,(H,25,28). The smallest absolute Gasteiger partial charge is 0.251 e. The number of phenolic OH excluding ortho intramolecular Hbond substituents is 1. The zero-order valence-electron chi connectivity index (χ0n) is 15.2. The molecular weight excluding hydrogens is 394 g/mol. The first kappa shape index (κ1) is 19.1. The second-order valence-electron chi connectivity index (χ2n) is 6.35. The van der Waals surface area contributed by atoms with Gasteiger partial charge in [-0.1, -0.05) is 30.0 Å². The first-order chi connectivity index (χ1) is 14.1. The summed E-state index contributed by atoms with van der Waals surface area (Å²) >= 11 is 1.47. The van der Waals surface area contributed by atoms with E-state index in [4.69, 9.17) is 0 Å². The number of benzene rings is 3. The number of hydrogen-bond donors (Lipinski definition) is 2. The molecule has 0 bridgehead atoms. The van der Waals surface area contributed by atoms with E-state index in [9.17, 15) is 18.7 Å². The molecule has 3 aromatic carbocycles. The molecule has 0 radical (unpaired) electrons. The van der Waals surface area contributed by atoms with Crippen LogP contribution in [0.25, 0.3) is 0 Å². The fourth-order valence-corrected chi connectivity index (χ4v) is 4.05. The topological polar surface area (TPSA) is 61.7 Å². The van der Waals surface area contributed by atoms with Crippen molar-refractivity contribution >= 4 is 29.1 Å². The maximum Gasteiger partial charge on any atom is 0.251 e. The van der Waals surface area contributed by atoms with Gasteiger partial charge < -0.3 is 10.4 Å². The van der Waals surface area contributed by atoms with Gasteiger partial charge in [-0.2, -0.15) is 0 Å². The monoisotopic (exact) mass is 410 g/mol. The summed E-state index contributed by atoms with van der Waals surface area (Å²) in [4.78, 5) is 18.6. The van der Waals surface area contributed by atoms with Crippen LogP contribution in [0, 0.1) is 5.82 Å². The Hall–Kier alpha value is -3.19. The lowest BCUT2D eigenvalue weighted by molar-refractivity contribution is 0.0951. The molecule has 29 heavy (non-hydrogen) atoms. The number of fused-ring (bicyclic) bond motifs is 2. The first-order valence-corrected chi connectivity index (χ1v) is 9.71. The summed E-state index contributed by atoms with van der Waals surface area (Å²) in [7, 11) is 0. The molecule has 7 heteroatoms. The van der Waals surface area contributed by atoms with Gasteiger partial charge in [0.15, 0.2) is 0 Å². The molecule has 1 amide bonds. The molecule has 1 heterocycles. The van der Waals surface area contributed by atoms with E-state index in [-0.39, 0.29) is 17.9 Å². The van der Waals surface area contributed by atoms with Crippen molar-refractivity contribution in [3.05, 3.63) is 83.2 Å². The summed E-state index contributed by atoms with van der Waals surface area (Å²) in [6, 6.07) is 16.5. The van der Waals surface area contributed by atoms with Gasteiger partial charge in [-0.15, -0.1) is 0 Å². The second kappa shape index (κ2) is 8.05. The zero-order chi connectivity index (χ0) is 20.4. The highest BCUT2D eigenvalue weighted by Crippen LogP contribution is 2.42. The Morgan fingerprint density at radius 2 is 1.86 bits per heavy atom. The van der Waals surface area contributed by atoms with Crippen LogP contribution in [-0.4, -0.2) is 29.9 Å². The van der Waals surface area contributed by atoms with E-state index >= 15 is 0 Å². The second-order valence-corrected chi connectivity index (χ2v) is 7.43. The van der Waals surface area contributed by atoms with Crippen LogP contribution in [-0.2, 0) is 0 Å². The normalized spacial score (nSPS) is 12.4. The Morgan fingerprint density at radius 3 is 2.66 bits per heavy atom. The summed E-state index contributed by atoms with van der Waals surface area (Å²) in [5, 5.41) is 12.0. The molecule has 0 fully saturated rings. The van der Waals surface area contributed by atoms with Gasteiger partial charge in [-0.25, -0.2) is 13.8 Å². The Morgan fingerprint density at radius 1 is 1.03 bits per heavy atom. The maximum atomic E-state index is 14.6. The van der Waals surface area contributed by atoms with Gasteiger partial charge in [-0.05, 0) is 36.4 Å². The van der Waals surface area contributed by atoms with Crippen molar-refractivity contribution in [2.45, 2.75) is 9.79 Å². The molecule has 1 aliphatic rings. The highest BCUT2D eigenvalue weighted by molar-refractivity contribution is 7.99. The van der Waals surface area contributed by atoms with Gasteiger partial charge in [-0.3, -0.25) is 4.79 Å². The summed E-state index contributed by atoms with van der Waals surface area (Å²) < 4.78 is 27.0. The molecular formula is C22H16F2N2O2S. The van der Waals surface area contributed by atoms with E-state index in [0.29, 0.717) is 17.0 Å². The van der Waals surface area contributed by atoms with E-state index in [1.807, 2.05) is 24.3 Å². The number of amides is 1. The van der Waals surface area contributed by atoms with Crippen LogP contribution < -0.4 is 5.32 Å². The number of carbonyl (C=O) groups is 1. The summed E-state index contributed by atoms with van der Waals surface area (Å²) in [5.74, 6) is -1.16. The Labute approximate surface area is 170 Å². The van der Waals surface area contributed by atoms with Crippen molar-refractivity contribution in [3.63, 3.8) is 0 Å². The third-order valence-electron chi connectivity index (χ3n) is 4.40. The van der Waals surface area contributed by atoms with Gasteiger partial charge in [0.1, 0.15) is 18.2 Å². The van der Waals surface area contributed by atoms with Crippen LogP contribution in [0.5, 0.6) is 5.75 Å². The van der Waals surface area contributed by atoms with Gasteiger partial charge in [0.2, 0.25) is 0 Å². The summed E-state index contributed by atoms with van der Waals surface area (Å²) in [6.45, 7) is -0.715. The molecule has 4 nitrogen and oxygen atoms in total. The Bertz CT molecular complexity index is 1130. The molecule has 0 saturated heterocycles. The van der Waals surface area contributed by atoms with E-state index in [1.54, 1.807) is 18.2 Å². The summed E-state index contributed by atoms with van der Waals surface area (Å²) in [5.41, 5.74) is 2.27. The lowest BCUT2D eigenvalue weighted by atomic mass is 10.0. The maximum absolute atomic E-state index is 14.6. The van der Waals surface area contributed by atoms with E-state index < -0.39 is 18.4 Å². The van der Waals surface area contributed by atoms with Crippen LogP contribution >= 0.6 is 11.8 Å². The minimum absolute atomic E-state index is 0.0661. The number of aliphatic imine (C=N–C) groups is 1. The Balaban J connectivity index is 1.87. The van der Waals surface area contributed by atoms with Crippen LogP contribution in [0.15, 0.2) is 75.4 Å². The molecule has 4 rings (SSSR count). The van der Waals surface area contributed by atoms with E-state index in [1.165, 1.54) is 23.9 Å². The molecule has 1 aliphatic heterocycles. The quantitative estimate of drug-likeness (QED) is 0.505. The number of halogens is 2. The minimum atomic E-state index is -0.649. The number of phenols is 1. The lowest BCUT2D eigenvalue weighted by Crippen LogP contribution is -2.25. The molecule has 0 aliphatic carbocycles. The van der Waals surface area contributed by atoms with Gasteiger partial charge in [0, 0.05) is 39.1 Å². The Kier molecular flexibility index (Phi) is 5.31. The van der Waals surface area contributed by atoms with Crippen molar-refractivity contribution in [1.29, 1.82) is 0 Å². The van der Waals surface area contributed by atoms with Crippen molar-refractivity contribution < 1.29 is 18.7 Å². The van der Waals surface area contributed by atoms with Gasteiger partial charge >= 0.3 is 0 Å². The van der Waals surface area contributed by atoms with Crippen molar-refractivity contribution in [3.8, 4) is 5.75 Å². The fourth-order valence-electron chi connectivity index (χ4n) is 3.05. The van der Waals surface area contributed by atoms with E-state index in [0.717, 1.165) is 21.4 Å². The van der Waals surface area contributed by atoms with Crippen molar-refractivity contribution in [2.24, 2.45) is 4.99 Å². The SMILES string of the molecule is O=C(NCCF)c1ccc2c(c1)N=C(c1ccc(O)cc1F)c1ccccc1S2. The number of aromatic hydroxyl groups is 1. The lowest BCUT2D eigenvalue weighted by Gasteiger charge is -2.10. The molecule has 2 N–H and O–H groups in total. The number of nitrogens with one attached hydrogen (secondary N) is 1. The van der Waals surface area contributed by atoms with Crippen LogP contribution in [0.4, 0.5) is 14.5 Å². The fraction of sp³-hybridized carbons (Fsp3) is 0.0909. The third kappa shape index (κ3) is 3.86. The average molecular weight is 410 g/mol.